The largest absolute Gasteiger partial charge is 0.361 e. The number of Topliss-reactive ketones (excluding diaryl/α,β-unsaturated/α-hetero) is 1. The number of halogens is 3. The van der Waals surface area contributed by atoms with Gasteiger partial charge in [0.2, 0.25) is 5.91 Å². The van der Waals surface area contributed by atoms with Crippen molar-refractivity contribution in [3.05, 3.63) is 105 Å². The molecule has 0 saturated heterocycles. The highest BCUT2D eigenvalue weighted by atomic mass is 35.5. The highest BCUT2D eigenvalue weighted by Crippen LogP contribution is 2.48. The molecule has 3 aromatic carbocycles. The highest BCUT2D eigenvalue weighted by Gasteiger charge is 2.42. The summed E-state index contributed by atoms with van der Waals surface area (Å²) in [5.41, 5.74) is 5.46. The Morgan fingerprint density at radius 3 is 2.69 bits per heavy atom. The lowest BCUT2D eigenvalue weighted by Crippen LogP contribution is -2.42. The van der Waals surface area contributed by atoms with Crippen molar-refractivity contribution in [3.8, 4) is 0 Å². The summed E-state index contributed by atoms with van der Waals surface area (Å²) < 4.78 is 13.8. The zero-order valence-corrected chi connectivity index (χ0v) is 24.9. The third kappa shape index (κ3) is 5.51. The molecule has 1 aromatic heterocycles. The number of amides is 1. The van der Waals surface area contributed by atoms with Gasteiger partial charge < -0.3 is 20.5 Å². The van der Waals surface area contributed by atoms with Gasteiger partial charge >= 0.3 is 0 Å². The molecule has 1 amide bonds. The molecule has 42 heavy (non-hydrogen) atoms. The van der Waals surface area contributed by atoms with Crippen LogP contribution in [-0.4, -0.2) is 29.8 Å². The molecule has 2 heterocycles. The molecule has 3 N–H and O–H groups in total. The first kappa shape index (κ1) is 28.3. The Balaban J connectivity index is 1.34. The number of aromatic nitrogens is 1. The lowest BCUT2D eigenvalue weighted by atomic mass is 9.73. The van der Waals surface area contributed by atoms with Gasteiger partial charge in [0, 0.05) is 41.3 Å². The van der Waals surface area contributed by atoms with E-state index >= 15 is 0 Å². The molecule has 0 fully saturated rings. The smallest absolute Gasteiger partial charge is 0.239 e. The van der Waals surface area contributed by atoms with Gasteiger partial charge in [-0.3, -0.25) is 9.59 Å². The summed E-state index contributed by atoms with van der Waals surface area (Å²) >= 11 is 12.8. The average Bonchev–Trinajstić information content (AvgIpc) is 3.27. The molecule has 4 aromatic rings. The van der Waals surface area contributed by atoms with Crippen molar-refractivity contribution < 1.29 is 14.0 Å². The van der Waals surface area contributed by atoms with E-state index in [9.17, 15) is 14.0 Å². The summed E-state index contributed by atoms with van der Waals surface area (Å²) in [6.45, 7) is 4.55. The molecule has 2 aliphatic rings. The fourth-order valence-electron chi connectivity index (χ4n) is 6.16. The van der Waals surface area contributed by atoms with Crippen molar-refractivity contribution >= 4 is 57.2 Å². The van der Waals surface area contributed by atoms with E-state index in [0.717, 1.165) is 39.1 Å². The van der Waals surface area contributed by atoms with Crippen LogP contribution >= 0.6 is 23.2 Å². The molecular formula is C33H31Cl2FN4O2. The molecule has 0 bridgehead atoms. The van der Waals surface area contributed by atoms with Gasteiger partial charge in [-0.1, -0.05) is 55.2 Å². The number of nitrogens with one attached hydrogen (secondary N) is 3. The van der Waals surface area contributed by atoms with Crippen LogP contribution < -0.4 is 15.5 Å². The quantitative estimate of drug-likeness (QED) is 0.212. The number of aromatic amines is 1. The molecule has 1 atom stereocenters. The predicted molar refractivity (Wildman–Crippen MR) is 167 cm³/mol. The minimum Gasteiger partial charge on any atom is -0.361 e. The van der Waals surface area contributed by atoms with Gasteiger partial charge in [-0.15, -0.1) is 0 Å². The Bertz CT molecular complexity index is 1750. The van der Waals surface area contributed by atoms with Gasteiger partial charge in [0.25, 0.3) is 0 Å². The summed E-state index contributed by atoms with van der Waals surface area (Å²) in [6.07, 6.45) is 3.46. The maximum absolute atomic E-state index is 13.8. The molecule has 0 saturated carbocycles. The van der Waals surface area contributed by atoms with Gasteiger partial charge in [-0.25, -0.2) is 4.39 Å². The number of nitrogens with zero attached hydrogens (tertiary/aromatic N) is 1. The monoisotopic (exact) mass is 604 g/mol. The fourth-order valence-corrected chi connectivity index (χ4v) is 6.47. The molecule has 216 valence electrons. The zero-order chi connectivity index (χ0) is 29.6. The van der Waals surface area contributed by atoms with Crippen LogP contribution in [0.1, 0.15) is 43.9 Å². The molecule has 1 aliphatic carbocycles. The lowest BCUT2D eigenvalue weighted by molar-refractivity contribution is -0.120. The Hall–Kier alpha value is -3.81. The first-order chi connectivity index (χ1) is 20.1. The van der Waals surface area contributed by atoms with Gasteiger partial charge in [-0.2, -0.15) is 0 Å². The summed E-state index contributed by atoms with van der Waals surface area (Å²) in [5, 5.41) is 8.18. The zero-order valence-electron chi connectivity index (χ0n) is 23.4. The fraction of sp³-hybridized carbons (Fsp3) is 0.273. The second kappa shape index (κ2) is 11.1. The molecule has 0 radical (unpaired) electrons. The van der Waals surface area contributed by atoms with E-state index < -0.39 is 6.04 Å². The van der Waals surface area contributed by atoms with E-state index in [1.807, 2.05) is 41.4 Å². The number of hydrogen-bond acceptors (Lipinski definition) is 4. The van der Waals surface area contributed by atoms with Crippen LogP contribution in [0.2, 0.25) is 10.0 Å². The maximum Gasteiger partial charge on any atom is 0.239 e. The van der Waals surface area contributed by atoms with Crippen molar-refractivity contribution in [2.75, 3.05) is 23.3 Å². The number of ketones is 1. The number of fused-ring (bicyclic) bond motifs is 2. The molecule has 1 aliphatic heterocycles. The van der Waals surface area contributed by atoms with Crippen molar-refractivity contribution in [2.24, 2.45) is 5.41 Å². The van der Waals surface area contributed by atoms with Gasteiger partial charge in [0.05, 0.1) is 34.0 Å². The van der Waals surface area contributed by atoms with Gasteiger partial charge in [0.1, 0.15) is 5.82 Å². The Labute approximate surface area is 253 Å². The molecule has 1 unspecified atom stereocenters. The number of anilines is 2. The van der Waals surface area contributed by atoms with Crippen molar-refractivity contribution in [2.45, 2.75) is 39.2 Å². The Kier molecular flexibility index (Phi) is 7.50. The number of H-pyrrole nitrogens is 1. The van der Waals surface area contributed by atoms with Crippen LogP contribution in [0, 0.1) is 11.2 Å². The van der Waals surface area contributed by atoms with Gasteiger partial charge in [0.15, 0.2) is 5.78 Å². The normalized spacial score (nSPS) is 17.9. The first-order valence-electron chi connectivity index (χ1n) is 14.0. The van der Waals surface area contributed by atoms with E-state index in [0.29, 0.717) is 41.4 Å². The maximum atomic E-state index is 13.8. The predicted octanol–water partition coefficient (Wildman–Crippen LogP) is 7.59. The first-order valence-corrected chi connectivity index (χ1v) is 14.7. The third-order valence-electron chi connectivity index (χ3n) is 8.02. The van der Waals surface area contributed by atoms with Crippen LogP contribution in [-0.2, 0) is 16.0 Å². The molecule has 9 heteroatoms. The number of para-hydroxylation sites is 2. The summed E-state index contributed by atoms with van der Waals surface area (Å²) in [5.74, 6) is -0.466. The van der Waals surface area contributed by atoms with E-state index in [2.05, 4.69) is 29.5 Å². The number of hydrogen-bond donors (Lipinski definition) is 3. The second-order valence-electron chi connectivity index (χ2n) is 11.8. The van der Waals surface area contributed by atoms with Crippen LogP contribution in [0.15, 0.2) is 78.1 Å². The van der Waals surface area contributed by atoms with Crippen LogP contribution in [0.5, 0.6) is 0 Å². The Morgan fingerprint density at radius 2 is 1.88 bits per heavy atom. The summed E-state index contributed by atoms with van der Waals surface area (Å²) in [4.78, 5) is 32.5. The average molecular weight is 606 g/mol. The number of carbonyl (C=O) groups excluding carboxylic acids is 2. The van der Waals surface area contributed by atoms with Gasteiger partial charge in [-0.05, 0) is 71.8 Å². The third-order valence-corrected chi connectivity index (χ3v) is 8.76. The highest BCUT2D eigenvalue weighted by molar-refractivity contribution is 6.42. The number of allylic oxidation sites excluding steroid dienone is 1. The minimum atomic E-state index is -0.558. The van der Waals surface area contributed by atoms with Crippen molar-refractivity contribution in [1.82, 2.24) is 10.3 Å². The Morgan fingerprint density at radius 1 is 1.07 bits per heavy atom. The van der Waals surface area contributed by atoms with Crippen LogP contribution in [0.3, 0.4) is 0 Å². The number of carbonyl (C=O) groups is 2. The molecule has 0 spiro atoms. The molecule has 6 nitrogen and oxygen atoms in total. The van der Waals surface area contributed by atoms with E-state index in [-0.39, 0.29) is 29.5 Å². The lowest BCUT2D eigenvalue weighted by Gasteiger charge is -2.38. The van der Waals surface area contributed by atoms with Crippen LogP contribution in [0.25, 0.3) is 10.9 Å². The van der Waals surface area contributed by atoms with Crippen molar-refractivity contribution in [3.63, 3.8) is 0 Å². The number of rotatable bonds is 6. The summed E-state index contributed by atoms with van der Waals surface area (Å²) in [7, 11) is 0. The van der Waals surface area contributed by atoms with E-state index in [4.69, 9.17) is 23.2 Å². The molecule has 6 rings (SSSR count). The standard InChI is InChI=1S/C33H31Cl2FN4O2/c1-33(2)15-27-31(29(41)16-33)32(19-7-9-23(34)24(35)13-19)40(28-6-4-3-5-26(28)39-27)18-30(42)37-12-11-20-17-38-25-10-8-21(36)14-22(20)25/h3-10,13-14,17,32,38-39H,11-12,15-16,18H2,1-2H3,(H,37,42). The topological polar surface area (TPSA) is 77.2 Å². The molecular weight excluding hydrogens is 574 g/mol. The van der Waals surface area contributed by atoms with E-state index in [1.165, 1.54) is 12.1 Å². The minimum absolute atomic E-state index is 0.000426. The van der Waals surface area contributed by atoms with E-state index in [1.54, 1.807) is 18.2 Å². The number of benzene rings is 3. The van der Waals surface area contributed by atoms with Crippen LogP contribution in [0.4, 0.5) is 15.8 Å². The second-order valence-corrected chi connectivity index (χ2v) is 12.6. The van der Waals surface area contributed by atoms with Crippen molar-refractivity contribution in [1.29, 1.82) is 0 Å². The SMILES string of the molecule is CC1(C)CC(=O)C2=C(C1)Nc1ccccc1N(CC(=O)NCCc1c[nH]c3ccc(F)cc13)C2c1ccc(Cl)c(Cl)c1. The summed E-state index contributed by atoms with van der Waals surface area (Å²) in [6, 6.07) is 17.2.